The molecule has 1 fully saturated rings. The van der Waals surface area contributed by atoms with Gasteiger partial charge < -0.3 is 9.53 Å². The highest BCUT2D eigenvalue weighted by atomic mass is 35.5. The van der Waals surface area contributed by atoms with Crippen molar-refractivity contribution in [3.8, 4) is 11.8 Å². The molecule has 1 N–H and O–H groups in total. The molecule has 126 valence electrons. The number of cyclic esters (lactones) is 1. The highest BCUT2D eigenvalue weighted by Gasteiger charge is 2.62. The Hall–Kier alpha value is -2.20. The molecule has 1 aromatic carbocycles. The number of aldehydes is 1. The molecule has 1 aromatic rings. The van der Waals surface area contributed by atoms with Gasteiger partial charge in [0.15, 0.2) is 0 Å². The largest absolute Gasteiger partial charge is 0.445 e. The molecular formula is C16H11ClF3NO3. The van der Waals surface area contributed by atoms with Crippen LogP contribution in [-0.2, 0) is 21.6 Å². The molecule has 1 heterocycles. The molecule has 1 saturated carbocycles. The maximum Gasteiger partial charge on any atom is 0.445 e. The van der Waals surface area contributed by atoms with Gasteiger partial charge in [-0.2, -0.15) is 13.2 Å². The number of carbonyl (C=O) groups excluding carboxylic acids is 2. The second kappa shape index (κ2) is 5.71. The lowest BCUT2D eigenvalue weighted by atomic mass is 9.89. The zero-order valence-electron chi connectivity index (χ0n) is 12.2. The van der Waals surface area contributed by atoms with Crippen molar-refractivity contribution in [2.75, 3.05) is 5.32 Å². The molecule has 0 saturated heterocycles. The molecule has 0 radical (unpaired) electrons. The first-order valence-corrected chi connectivity index (χ1v) is 7.50. The second-order valence-corrected chi connectivity index (χ2v) is 6.00. The van der Waals surface area contributed by atoms with Gasteiger partial charge in [0.25, 0.3) is 5.60 Å². The Labute approximate surface area is 140 Å². The van der Waals surface area contributed by atoms with Gasteiger partial charge in [-0.3, -0.25) is 5.32 Å². The van der Waals surface area contributed by atoms with Crippen LogP contribution in [-0.4, -0.2) is 18.6 Å². The molecule has 1 atom stereocenters. The summed E-state index contributed by atoms with van der Waals surface area (Å²) in [5.41, 5.74) is -3.27. The van der Waals surface area contributed by atoms with Crippen LogP contribution in [0.1, 0.15) is 24.0 Å². The van der Waals surface area contributed by atoms with Gasteiger partial charge in [0.2, 0.25) is 0 Å². The molecule has 0 unspecified atom stereocenters. The summed E-state index contributed by atoms with van der Waals surface area (Å²) in [4.78, 5) is 22.4. The minimum Gasteiger partial charge on any atom is -0.415 e. The van der Waals surface area contributed by atoms with E-state index in [1.807, 2.05) is 0 Å². The topological polar surface area (TPSA) is 55.4 Å². The third-order valence-corrected chi connectivity index (χ3v) is 4.13. The number of ether oxygens (including phenoxy) is 1. The monoisotopic (exact) mass is 357 g/mol. The van der Waals surface area contributed by atoms with Crippen LogP contribution < -0.4 is 5.32 Å². The van der Waals surface area contributed by atoms with Crippen LogP contribution in [0.15, 0.2) is 12.1 Å². The predicted octanol–water partition coefficient (Wildman–Crippen LogP) is 3.81. The van der Waals surface area contributed by atoms with Crippen molar-refractivity contribution in [1.29, 1.82) is 0 Å². The van der Waals surface area contributed by atoms with Gasteiger partial charge in [0.1, 0.15) is 6.29 Å². The molecule has 4 nitrogen and oxygen atoms in total. The summed E-state index contributed by atoms with van der Waals surface area (Å²) >= 11 is 5.99. The number of hydrogen-bond donors (Lipinski definition) is 1. The second-order valence-electron chi connectivity index (χ2n) is 5.60. The van der Waals surface area contributed by atoms with Crippen molar-refractivity contribution in [2.24, 2.45) is 5.92 Å². The lowest BCUT2D eigenvalue weighted by molar-refractivity contribution is -0.239. The fraction of sp³-hybridized carbons (Fsp3) is 0.375. The van der Waals surface area contributed by atoms with Crippen molar-refractivity contribution < 1.29 is 27.5 Å². The maximum atomic E-state index is 13.8. The molecule has 0 bridgehead atoms. The van der Waals surface area contributed by atoms with E-state index in [0.29, 0.717) is 11.8 Å². The first-order chi connectivity index (χ1) is 11.3. The van der Waals surface area contributed by atoms with Crippen molar-refractivity contribution >= 4 is 29.7 Å². The first-order valence-electron chi connectivity index (χ1n) is 7.13. The number of halogens is 4. The van der Waals surface area contributed by atoms with Gasteiger partial charge in [-0.15, -0.1) is 0 Å². The van der Waals surface area contributed by atoms with Gasteiger partial charge in [0.05, 0.1) is 5.69 Å². The molecule has 8 heteroatoms. The van der Waals surface area contributed by atoms with Crippen LogP contribution >= 0.6 is 11.6 Å². The molecule has 1 amide bonds. The smallest absolute Gasteiger partial charge is 0.415 e. The zero-order valence-corrected chi connectivity index (χ0v) is 12.9. The molecule has 0 spiro atoms. The van der Waals surface area contributed by atoms with E-state index in [1.54, 1.807) is 0 Å². The molecule has 2 aliphatic rings. The molecule has 24 heavy (non-hydrogen) atoms. The Morgan fingerprint density at radius 3 is 2.71 bits per heavy atom. The summed E-state index contributed by atoms with van der Waals surface area (Å²) in [6.45, 7) is 0. The van der Waals surface area contributed by atoms with Crippen LogP contribution in [0.3, 0.4) is 0 Å². The van der Waals surface area contributed by atoms with E-state index in [9.17, 15) is 22.8 Å². The number of alkyl halides is 3. The van der Waals surface area contributed by atoms with Crippen molar-refractivity contribution in [2.45, 2.75) is 31.0 Å². The van der Waals surface area contributed by atoms with E-state index < -0.39 is 17.9 Å². The van der Waals surface area contributed by atoms with Crippen LogP contribution in [0.25, 0.3) is 0 Å². The lowest BCUT2D eigenvalue weighted by Crippen LogP contribution is -2.49. The van der Waals surface area contributed by atoms with Crippen molar-refractivity contribution in [1.82, 2.24) is 0 Å². The number of amides is 1. The number of fused-ring (bicyclic) bond motifs is 1. The average molecular weight is 358 g/mol. The van der Waals surface area contributed by atoms with Crippen LogP contribution in [0, 0.1) is 17.8 Å². The summed E-state index contributed by atoms with van der Waals surface area (Å²) in [5, 5.41) is 2.19. The maximum absolute atomic E-state index is 13.8. The Bertz CT molecular complexity index is 777. The predicted molar refractivity (Wildman–Crippen MR) is 79.6 cm³/mol. The van der Waals surface area contributed by atoms with E-state index in [2.05, 4.69) is 21.9 Å². The van der Waals surface area contributed by atoms with Gasteiger partial charge in [-0.05, 0) is 36.5 Å². The number of hydrogen-bond acceptors (Lipinski definition) is 3. The summed E-state index contributed by atoms with van der Waals surface area (Å²) in [7, 11) is 0. The number of benzene rings is 1. The third-order valence-electron chi connectivity index (χ3n) is 3.78. The lowest BCUT2D eigenvalue weighted by Gasteiger charge is -2.36. The number of anilines is 1. The number of nitrogens with one attached hydrogen (secondary N) is 1. The van der Waals surface area contributed by atoms with Crippen LogP contribution in [0.4, 0.5) is 23.7 Å². The van der Waals surface area contributed by atoms with E-state index in [-0.39, 0.29) is 28.6 Å². The van der Waals surface area contributed by atoms with Gasteiger partial charge >= 0.3 is 12.3 Å². The number of carbonyl (C=O) groups is 2. The molecule has 3 rings (SSSR count). The Kier molecular flexibility index (Phi) is 3.96. The van der Waals surface area contributed by atoms with E-state index >= 15 is 0 Å². The van der Waals surface area contributed by atoms with E-state index in [4.69, 9.17) is 11.6 Å². The third kappa shape index (κ3) is 2.82. The van der Waals surface area contributed by atoms with Crippen molar-refractivity contribution in [3.05, 3.63) is 28.3 Å². The number of rotatable bonds is 2. The summed E-state index contributed by atoms with van der Waals surface area (Å²) in [6, 6.07) is 2.29. The Morgan fingerprint density at radius 1 is 1.42 bits per heavy atom. The Balaban J connectivity index is 2.21. The fourth-order valence-electron chi connectivity index (χ4n) is 2.39. The van der Waals surface area contributed by atoms with E-state index in [1.165, 1.54) is 6.07 Å². The molecule has 0 aromatic heterocycles. The average Bonchev–Trinajstić information content (AvgIpc) is 3.29. The summed E-state index contributed by atoms with van der Waals surface area (Å²) < 4.78 is 46.0. The minimum absolute atomic E-state index is 0.0255. The molecular weight excluding hydrogens is 347 g/mol. The van der Waals surface area contributed by atoms with Crippen LogP contribution in [0.2, 0.25) is 5.02 Å². The van der Waals surface area contributed by atoms with Gasteiger partial charge in [-0.25, -0.2) is 4.79 Å². The first kappa shape index (κ1) is 16.7. The SMILES string of the molecule is O=CCc1cc2c(cc1Cl)[C@@](C#CC1CC1)(C(F)(F)F)OC(=O)N2. The quantitative estimate of drug-likeness (QED) is 0.646. The summed E-state index contributed by atoms with van der Waals surface area (Å²) in [6.07, 6.45) is -4.28. The molecule has 1 aliphatic heterocycles. The van der Waals surface area contributed by atoms with Gasteiger partial charge in [-0.1, -0.05) is 17.5 Å². The normalized spacial score (nSPS) is 22.6. The van der Waals surface area contributed by atoms with Crippen molar-refractivity contribution in [3.63, 3.8) is 0 Å². The molecule has 1 aliphatic carbocycles. The van der Waals surface area contributed by atoms with Gasteiger partial charge in [0, 0.05) is 22.9 Å². The minimum atomic E-state index is -4.95. The van der Waals surface area contributed by atoms with E-state index in [0.717, 1.165) is 18.9 Å². The summed E-state index contributed by atoms with van der Waals surface area (Å²) in [5.74, 6) is 4.52. The highest BCUT2D eigenvalue weighted by Crippen LogP contribution is 2.48. The fourth-order valence-corrected chi connectivity index (χ4v) is 2.63. The Morgan fingerprint density at radius 2 is 2.12 bits per heavy atom. The standard InChI is InChI=1S/C16H11ClF3NO3/c17-12-8-11-13(7-10(12)4-6-22)21-14(23)24-15(11,16(18,19)20)5-3-9-1-2-9/h6-9H,1-2,4H2,(H,21,23)/t15-/m0/s1. The zero-order chi connectivity index (χ0) is 17.5. The van der Waals surface area contributed by atoms with Crippen LogP contribution in [0.5, 0.6) is 0 Å². The highest BCUT2D eigenvalue weighted by molar-refractivity contribution is 6.31.